The Bertz CT molecular complexity index is 865. The average Bonchev–Trinajstić information content (AvgIpc) is 3.15. The maximum atomic E-state index is 11.9. The SMILES string of the molecule is O=C(COc1ccc(Cl)c(Cl)c1)NCc1ccc(Cn2cccn2)cc1. The number of amides is 1. The number of ether oxygens (including phenoxy) is 1. The van der Waals surface area contributed by atoms with Gasteiger partial charge in [-0.3, -0.25) is 9.48 Å². The Hall–Kier alpha value is -2.50. The molecule has 0 atom stereocenters. The summed E-state index contributed by atoms with van der Waals surface area (Å²) in [6, 6.07) is 14.8. The Kier molecular flexibility index (Phi) is 6.15. The topological polar surface area (TPSA) is 56.1 Å². The fraction of sp³-hybridized carbons (Fsp3) is 0.158. The van der Waals surface area contributed by atoms with E-state index in [-0.39, 0.29) is 12.5 Å². The standard InChI is InChI=1S/C19H17Cl2N3O2/c20-17-7-6-16(10-18(17)21)26-13-19(25)22-11-14-2-4-15(5-3-14)12-24-9-1-8-23-24/h1-10H,11-13H2,(H,22,25). The Morgan fingerprint density at radius 2 is 1.85 bits per heavy atom. The van der Waals surface area contributed by atoms with Crippen molar-refractivity contribution in [2.45, 2.75) is 13.1 Å². The fourth-order valence-corrected chi connectivity index (χ4v) is 2.60. The zero-order valence-electron chi connectivity index (χ0n) is 13.9. The molecule has 1 amide bonds. The van der Waals surface area contributed by atoms with Gasteiger partial charge in [-0.2, -0.15) is 5.10 Å². The number of benzene rings is 2. The van der Waals surface area contributed by atoms with E-state index < -0.39 is 0 Å². The van der Waals surface area contributed by atoms with Crippen molar-refractivity contribution in [2.75, 3.05) is 6.61 Å². The second-order valence-corrected chi connectivity index (χ2v) is 6.48. The summed E-state index contributed by atoms with van der Waals surface area (Å²) in [4.78, 5) is 11.9. The van der Waals surface area contributed by atoms with Crippen LogP contribution in [0.2, 0.25) is 10.0 Å². The number of nitrogens with one attached hydrogen (secondary N) is 1. The van der Waals surface area contributed by atoms with E-state index in [0.717, 1.165) is 17.7 Å². The molecule has 0 saturated carbocycles. The second kappa shape index (κ2) is 8.74. The summed E-state index contributed by atoms with van der Waals surface area (Å²) in [6.45, 7) is 1.07. The smallest absolute Gasteiger partial charge is 0.258 e. The molecule has 0 aliphatic heterocycles. The number of rotatable bonds is 7. The van der Waals surface area contributed by atoms with Crippen molar-refractivity contribution in [3.8, 4) is 5.75 Å². The first-order chi connectivity index (χ1) is 12.6. The van der Waals surface area contributed by atoms with Crippen LogP contribution >= 0.6 is 23.2 Å². The molecule has 5 nitrogen and oxygen atoms in total. The van der Waals surface area contributed by atoms with Crippen molar-refractivity contribution in [3.63, 3.8) is 0 Å². The maximum Gasteiger partial charge on any atom is 0.258 e. The molecule has 0 aliphatic rings. The summed E-state index contributed by atoms with van der Waals surface area (Å²) in [7, 11) is 0. The van der Waals surface area contributed by atoms with E-state index >= 15 is 0 Å². The first kappa shape index (κ1) is 18.3. The zero-order chi connectivity index (χ0) is 18.4. The molecule has 7 heteroatoms. The predicted octanol–water partition coefficient (Wildman–Crippen LogP) is 3.93. The summed E-state index contributed by atoms with van der Waals surface area (Å²) < 4.78 is 7.26. The Labute approximate surface area is 161 Å². The number of carbonyl (C=O) groups is 1. The van der Waals surface area contributed by atoms with E-state index in [9.17, 15) is 4.79 Å². The first-order valence-electron chi connectivity index (χ1n) is 8.00. The van der Waals surface area contributed by atoms with Crippen molar-refractivity contribution in [1.82, 2.24) is 15.1 Å². The van der Waals surface area contributed by atoms with Gasteiger partial charge in [0.1, 0.15) is 5.75 Å². The fourth-order valence-electron chi connectivity index (χ4n) is 2.31. The Morgan fingerprint density at radius 3 is 2.54 bits per heavy atom. The predicted molar refractivity (Wildman–Crippen MR) is 102 cm³/mol. The van der Waals surface area contributed by atoms with Crippen LogP contribution in [0.4, 0.5) is 0 Å². The van der Waals surface area contributed by atoms with Crippen molar-refractivity contribution in [2.24, 2.45) is 0 Å². The second-order valence-electron chi connectivity index (χ2n) is 5.66. The highest BCUT2D eigenvalue weighted by Crippen LogP contribution is 2.26. The average molecular weight is 390 g/mol. The van der Waals surface area contributed by atoms with Crippen LogP contribution in [0, 0.1) is 0 Å². The van der Waals surface area contributed by atoms with Gasteiger partial charge >= 0.3 is 0 Å². The minimum Gasteiger partial charge on any atom is -0.484 e. The van der Waals surface area contributed by atoms with Crippen LogP contribution < -0.4 is 10.1 Å². The maximum absolute atomic E-state index is 11.9. The van der Waals surface area contributed by atoms with Gasteiger partial charge in [0.05, 0.1) is 16.6 Å². The molecule has 0 saturated heterocycles. The minimum atomic E-state index is -0.211. The quantitative estimate of drug-likeness (QED) is 0.665. The summed E-state index contributed by atoms with van der Waals surface area (Å²) in [5.41, 5.74) is 2.16. The van der Waals surface area contributed by atoms with Crippen molar-refractivity contribution in [3.05, 3.63) is 82.1 Å². The molecule has 0 fully saturated rings. The van der Waals surface area contributed by atoms with Gasteiger partial charge in [0.25, 0.3) is 5.91 Å². The molecular formula is C19H17Cl2N3O2. The van der Waals surface area contributed by atoms with Crippen LogP contribution in [0.3, 0.4) is 0 Å². The molecule has 0 unspecified atom stereocenters. The molecule has 0 bridgehead atoms. The van der Waals surface area contributed by atoms with Gasteiger partial charge in [0.15, 0.2) is 6.61 Å². The molecule has 3 rings (SSSR count). The third kappa shape index (κ3) is 5.25. The summed E-state index contributed by atoms with van der Waals surface area (Å²) in [5.74, 6) is 0.286. The lowest BCUT2D eigenvalue weighted by atomic mass is 10.1. The molecule has 2 aromatic carbocycles. The van der Waals surface area contributed by atoms with Gasteiger partial charge in [-0.05, 0) is 29.3 Å². The van der Waals surface area contributed by atoms with Crippen molar-refractivity contribution >= 4 is 29.1 Å². The first-order valence-corrected chi connectivity index (χ1v) is 8.75. The van der Waals surface area contributed by atoms with Crippen LogP contribution in [-0.4, -0.2) is 22.3 Å². The van der Waals surface area contributed by atoms with Gasteiger partial charge in [0.2, 0.25) is 0 Å². The van der Waals surface area contributed by atoms with Crippen LogP contribution in [0.15, 0.2) is 60.9 Å². The number of halogens is 2. The molecular weight excluding hydrogens is 373 g/mol. The van der Waals surface area contributed by atoms with E-state index in [4.69, 9.17) is 27.9 Å². The van der Waals surface area contributed by atoms with Crippen LogP contribution in [0.25, 0.3) is 0 Å². The number of hydrogen-bond donors (Lipinski definition) is 1. The Balaban J connectivity index is 1.44. The van der Waals surface area contributed by atoms with Gasteiger partial charge in [-0.25, -0.2) is 0 Å². The van der Waals surface area contributed by atoms with Gasteiger partial charge < -0.3 is 10.1 Å². The monoisotopic (exact) mass is 389 g/mol. The largest absolute Gasteiger partial charge is 0.484 e. The van der Waals surface area contributed by atoms with Crippen molar-refractivity contribution < 1.29 is 9.53 Å². The molecule has 134 valence electrons. The molecule has 26 heavy (non-hydrogen) atoms. The zero-order valence-corrected chi connectivity index (χ0v) is 15.4. The summed E-state index contributed by atoms with van der Waals surface area (Å²) in [6.07, 6.45) is 3.67. The van der Waals surface area contributed by atoms with Crippen molar-refractivity contribution in [1.29, 1.82) is 0 Å². The molecule has 1 N–H and O–H groups in total. The number of carbonyl (C=O) groups excluding carboxylic acids is 1. The van der Waals surface area contributed by atoms with Crippen LogP contribution in [0.1, 0.15) is 11.1 Å². The molecule has 1 heterocycles. The lowest BCUT2D eigenvalue weighted by Gasteiger charge is -2.09. The van der Waals surface area contributed by atoms with Gasteiger partial charge in [-0.15, -0.1) is 0 Å². The molecule has 1 aromatic heterocycles. The van der Waals surface area contributed by atoms with E-state index in [2.05, 4.69) is 10.4 Å². The summed E-state index contributed by atoms with van der Waals surface area (Å²) >= 11 is 11.7. The highest BCUT2D eigenvalue weighted by atomic mass is 35.5. The third-order valence-electron chi connectivity index (χ3n) is 3.68. The Morgan fingerprint density at radius 1 is 1.08 bits per heavy atom. The van der Waals surface area contributed by atoms with E-state index in [1.165, 1.54) is 0 Å². The normalized spacial score (nSPS) is 10.5. The van der Waals surface area contributed by atoms with Gasteiger partial charge in [0, 0.05) is 25.0 Å². The highest BCUT2D eigenvalue weighted by Gasteiger charge is 2.05. The van der Waals surface area contributed by atoms with Gasteiger partial charge in [-0.1, -0.05) is 47.5 Å². The molecule has 3 aromatic rings. The highest BCUT2D eigenvalue weighted by molar-refractivity contribution is 6.42. The lowest BCUT2D eigenvalue weighted by molar-refractivity contribution is -0.123. The van der Waals surface area contributed by atoms with Crippen LogP contribution in [-0.2, 0) is 17.9 Å². The lowest BCUT2D eigenvalue weighted by Crippen LogP contribution is -2.28. The van der Waals surface area contributed by atoms with E-state index in [1.54, 1.807) is 24.4 Å². The number of nitrogens with zero attached hydrogens (tertiary/aromatic N) is 2. The number of aromatic nitrogens is 2. The minimum absolute atomic E-state index is 0.0880. The molecule has 0 spiro atoms. The molecule has 0 radical (unpaired) electrons. The van der Waals surface area contributed by atoms with E-state index in [0.29, 0.717) is 22.3 Å². The molecule has 0 aliphatic carbocycles. The van der Waals surface area contributed by atoms with E-state index in [1.807, 2.05) is 41.2 Å². The third-order valence-corrected chi connectivity index (χ3v) is 4.42. The summed E-state index contributed by atoms with van der Waals surface area (Å²) in [5, 5.41) is 7.83. The van der Waals surface area contributed by atoms with Crippen LogP contribution in [0.5, 0.6) is 5.75 Å². The number of hydrogen-bond acceptors (Lipinski definition) is 3.